The Labute approximate surface area is 117 Å². The van der Waals surface area contributed by atoms with E-state index in [0.29, 0.717) is 5.54 Å². The Morgan fingerprint density at radius 1 is 1.47 bits per heavy atom. The SMILES string of the molecule is CC1CCCC(CNCc2cccnc2)(N(C)C)C1. The largest absolute Gasteiger partial charge is 0.311 e. The summed E-state index contributed by atoms with van der Waals surface area (Å²) in [4.78, 5) is 6.59. The molecule has 1 N–H and O–H groups in total. The fourth-order valence-electron chi connectivity index (χ4n) is 3.30. The summed E-state index contributed by atoms with van der Waals surface area (Å²) >= 11 is 0. The molecule has 2 rings (SSSR count). The molecule has 1 aliphatic rings. The molecule has 1 aliphatic carbocycles. The number of pyridine rings is 1. The summed E-state index contributed by atoms with van der Waals surface area (Å²) in [5.41, 5.74) is 1.60. The first-order valence-corrected chi connectivity index (χ1v) is 7.39. The van der Waals surface area contributed by atoms with Crippen LogP contribution in [-0.4, -0.2) is 36.1 Å². The van der Waals surface area contributed by atoms with Gasteiger partial charge in [-0.3, -0.25) is 4.98 Å². The van der Waals surface area contributed by atoms with Gasteiger partial charge >= 0.3 is 0 Å². The van der Waals surface area contributed by atoms with Gasteiger partial charge < -0.3 is 10.2 Å². The van der Waals surface area contributed by atoms with E-state index in [0.717, 1.165) is 19.0 Å². The fraction of sp³-hybridized carbons (Fsp3) is 0.688. The molecule has 2 unspecified atom stereocenters. The highest BCUT2D eigenvalue weighted by atomic mass is 15.2. The first kappa shape index (κ1) is 14.5. The van der Waals surface area contributed by atoms with Gasteiger partial charge in [-0.15, -0.1) is 0 Å². The monoisotopic (exact) mass is 261 g/mol. The van der Waals surface area contributed by atoms with Gasteiger partial charge in [-0.1, -0.05) is 25.8 Å². The zero-order valence-corrected chi connectivity index (χ0v) is 12.5. The summed E-state index contributed by atoms with van der Waals surface area (Å²) in [6.07, 6.45) is 9.13. The molecule has 1 aromatic rings. The number of hydrogen-bond acceptors (Lipinski definition) is 3. The quantitative estimate of drug-likeness (QED) is 0.883. The summed E-state index contributed by atoms with van der Waals surface area (Å²) in [5.74, 6) is 0.844. The Kier molecular flexibility index (Phi) is 4.94. The molecule has 1 saturated carbocycles. The van der Waals surface area contributed by atoms with Crippen LogP contribution in [0.5, 0.6) is 0 Å². The van der Waals surface area contributed by atoms with Crippen LogP contribution in [0.1, 0.15) is 38.2 Å². The maximum atomic E-state index is 4.16. The Bertz CT molecular complexity index is 377. The van der Waals surface area contributed by atoms with Crippen molar-refractivity contribution in [2.45, 2.75) is 44.7 Å². The van der Waals surface area contributed by atoms with Crippen LogP contribution in [0.4, 0.5) is 0 Å². The van der Waals surface area contributed by atoms with E-state index in [4.69, 9.17) is 0 Å². The lowest BCUT2D eigenvalue weighted by Gasteiger charge is -2.45. The van der Waals surface area contributed by atoms with Gasteiger partial charge in [-0.05, 0) is 44.5 Å². The van der Waals surface area contributed by atoms with Gasteiger partial charge in [-0.25, -0.2) is 0 Å². The summed E-state index contributed by atoms with van der Waals surface area (Å²) in [5, 5.41) is 3.63. The van der Waals surface area contributed by atoms with Crippen LogP contribution in [0.15, 0.2) is 24.5 Å². The molecule has 0 amide bonds. The third kappa shape index (κ3) is 3.77. The van der Waals surface area contributed by atoms with E-state index >= 15 is 0 Å². The molecule has 2 atom stereocenters. The van der Waals surface area contributed by atoms with Crippen molar-refractivity contribution in [2.24, 2.45) is 5.92 Å². The third-order valence-corrected chi connectivity index (χ3v) is 4.52. The van der Waals surface area contributed by atoms with Gasteiger partial charge in [-0.2, -0.15) is 0 Å². The predicted molar refractivity (Wildman–Crippen MR) is 80.0 cm³/mol. The van der Waals surface area contributed by atoms with Gasteiger partial charge in [0.05, 0.1) is 0 Å². The minimum Gasteiger partial charge on any atom is -0.311 e. The lowest BCUT2D eigenvalue weighted by Crippen LogP contribution is -2.54. The van der Waals surface area contributed by atoms with E-state index in [2.05, 4.69) is 42.3 Å². The molecule has 0 radical (unpaired) electrons. The second-order valence-electron chi connectivity index (χ2n) is 6.29. The highest BCUT2D eigenvalue weighted by Gasteiger charge is 2.36. The highest BCUT2D eigenvalue weighted by molar-refractivity contribution is 5.08. The molecule has 0 bridgehead atoms. The number of rotatable bonds is 5. The van der Waals surface area contributed by atoms with Crippen molar-refractivity contribution in [3.05, 3.63) is 30.1 Å². The van der Waals surface area contributed by atoms with Gasteiger partial charge in [0.15, 0.2) is 0 Å². The number of likely N-dealkylation sites (N-methyl/N-ethyl adjacent to an activating group) is 1. The van der Waals surface area contributed by atoms with Crippen LogP contribution >= 0.6 is 0 Å². The molecule has 19 heavy (non-hydrogen) atoms. The van der Waals surface area contributed by atoms with Gasteiger partial charge in [0.25, 0.3) is 0 Å². The van der Waals surface area contributed by atoms with E-state index in [1.165, 1.54) is 31.2 Å². The lowest BCUT2D eigenvalue weighted by atomic mass is 9.75. The summed E-state index contributed by atoms with van der Waals surface area (Å²) in [6.45, 7) is 4.37. The summed E-state index contributed by atoms with van der Waals surface area (Å²) in [7, 11) is 4.45. The van der Waals surface area contributed by atoms with Gasteiger partial charge in [0, 0.05) is 31.0 Å². The third-order valence-electron chi connectivity index (χ3n) is 4.52. The van der Waals surface area contributed by atoms with Crippen molar-refractivity contribution in [3.63, 3.8) is 0 Å². The van der Waals surface area contributed by atoms with Crippen LogP contribution in [-0.2, 0) is 6.54 Å². The lowest BCUT2D eigenvalue weighted by molar-refractivity contribution is 0.0749. The van der Waals surface area contributed by atoms with E-state index in [1.54, 1.807) is 0 Å². The molecule has 1 fully saturated rings. The molecule has 106 valence electrons. The van der Waals surface area contributed by atoms with Crippen LogP contribution in [0.25, 0.3) is 0 Å². The average molecular weight is 261 g/mol. The van der Waals surface area contributed by atoms with Gasteiger partial charge in [0.1, 0.15) is 0 Å². The minimum atomic E-state index is 0.333. The summed E-state index contributed by atoms with van der Waals surface area (Å²) in [6, 6.07) is 4.13. The first-order chi connectivity index (χ1) is 9.12. The van der Waals surface area contributed by atoms with E-state index in [-0.39, 0.29) is 0 Å². The molecular formula is C16H27N3. The normalized spacial score (nSPS) is 27.7. The van der Waals surface area contributed by atoms with E-state index in [1.807, 2.05) is 18.5 Å². The second kappa shape index (κ2) is 6.49. The highest BCUT2D eigenvalue weighted by Crippen LogP contribution is 2.35. The Morgan fingerprint density at radius 3 is 2.95 bits per heavy atom. The Morgan fingerprint density at radius 2 is 2.32 bits per heavy atom. The molecular weight excluding hydrogens is 234 g/mol. The first-order valence-electron chi connectivity index (χ1n) is 7.39. The molecule has 0 aromatic carbocycles. The Hall–Kier alpha value is -0.930. The average Bonchev–Trinajstić information content (AvgIpc) is 2.40. The number of aromatic nitrogens is 1. The van der Waals surface area contributed by atoms with Crippen molar-refractivity contribution in [2.75, 3.05) is 20.6 Å². The predicted octanol–water partition coefficient (Wildman–Crippen LogP) is 2.68. The smallest absolute Gasteiger partial charge is 0.0330 e. The van der Waals surface area contributed by atoms with E-state index < -0.39 is 0 Å². The second-order valence-corrected chi connectivity index (χ2v) is 6.29. The molecule has 0 saturated heterocycles. The molecule has 1 aromatic heterocycles. The van der Waals surface area contributed by atoms with Crippen molar-refractivity contribution in [1.29, 1.82) is 0 Å². The topological polar surface area (TPSA) is 28.2 Å². The van der Waals surface area contributed by atoms with Crippen molar-refractivity contribution in [3.8, 4) is 0 Å². The standard InChI is InChI=1S/C16H27N3/c1-14-6-4-8-16(10-14,19(2)3)13-18-12-15-7-5-9-17-11-15/h5,7,9,11,14,18H,4,6,8,10,12-13H2,1-3H3. The maximum Gasteiger partial charge on any atom is 0.0330 e. The number of nitrogens with zero attached hydrogens (tertiary/aromatic N) is 2. The molecule has 3 heteroatoms. The van der Waals surface area contributed by atoms with Gasteiger partial charge in [0.2, 0.25) is 0 Å². The molecule has 3 nitrogen and oxygen atoms in total. The maximum absolute atomic E-state index is 4.16. The van der Waals surface area contributed by atoms with E-state index in [9.17, 15) is 0 Å². The zero-order valence-electron chi connectivity index (χ0n) is 12.5. The van der Waals surface area contributed by atoms with Crippen LogP contribution < -0.4 is 5.32 Å². The van der Waals surface area contributed by atoms with Crippen LogP contribution in [0.3, 0.4) is 0 Å². The van der Waals surface area contributed by atoms with Crippen molar-refractivity contribution in [1.82, 2.24) is 15.2 Å². The number of nitrogens with one attached hydrogen (secondary N) is 1. The molecule has 0 aliphatic heterocycles. The zero-order chi connectivity index (χ0) is 13.7. The number of hydrogen-bond donors (Lipinski definition) is 1. The van der Waals surface area contributed by atoms with Crippen molar-refractivity contribution >= 4 is 0 Å². The molecule has 1 heterocycles. The van der Waals surface area contributed by atoms with Crippen LogP contribution in [0, 0.1) is 5.92 Å². The van der Waals surface area contributed by atoms with Crippen LogP contribution in [0.2, 0.25) is 0 Å². The minimum absolute atomic E-state index is 0.333. The summed E-state index contributed by atoms with van der Waals surface area (Å²) < 4.78 is 0. The Balaban J connectivity index is 1.90. The van der Waals surface area contributed by atoms with Crippen molar-refractivity contribution < 1.29 is 0 Å². The fourth-order valence-corrected chi connectivity index (χ4v) is 3.30. The molecule has 0 spiro atoms.